The van der Waals surface area contributed by atoms with Gasteiger partial charge < -0.3 is 0 Å². The molecule has 0 aliphatic heterocycles. The number of hydrogen-bond acceptors (Lipinski definition) is 4. The summed E-state index contributed by atoms with van der Waals surface area (Å²) in [6.07, 6.45) is 0. The Bertz CT molecular complexity index is 199. The molecule has 1 atom stereocenters. The van der Waals surface area contributed by atoms with E-state index in [0.29, 0.717) is 3.98 Å². The van der Waals surface area contributed by atoms with E-state index in [4.69, 9.17) is 11.6 Å². The third-order valence-electron chi connectivity index (χ3n) is 1.88. The number of hydrogen-bond donors (Lipinski definition) is 0. The minimum atomic E-state index is -3.00. The second kappa shape index (κ2) is 5.68. The molecule has 1 unspecified atom stereocenters. The van der Waals surface area contributed by atoms with Crippen LogP contribution in [0.25, 0.3) is 0 Å². The van der Waals surface area contributed by atoms with Crippen LogP contribution in [0.15, 0.2) is 0 Å². The summed E-state index contributed by atoms with van der Waals surface area (Å²) in [4.78, 5) is 19.2. The molecule has 0 bridgehead atoms. The molecule has 0 aliphatic rings. The summed E-state index contributed by atoms with van der Waals surface area (Å²) in [7, 11) is 0. The number of nitro groups is 2. The van der Waals surface area contributed by atoms with Crippen LogP contribution >= 0.6 is 11.6 Å². The SMILES string of the molecule is C[CH2][Tl]([CH](C)Cl)[CH]([N+](=O)[O-])[N+](=O)[O-]. The van der Waals surface area contributed by atoms with Gasteiger partial charge in [-0.25, -0.2) is 0 Å². The Kier molecular flexibility index (Phi) is 5.69. The van der Waals surface area contributed by atoms with Gasteiger partial charge in [-0.3, -0.25) is 0 Å². The van der Waals surface area contributed by atoms with E-state index in [9.17, 15) is 20.2 Å². The standard InChI is InChI=1S/C2H4Cl.C2H5.CHN2O4.Tl/c1-2-3;1-2;4-2(5)1-3(6)7;/h2H,1H3;1H2,2H3;1H;. The molecule has 0 spiro atoms. The van der Waals surface area contributed by atoms with Crippen LogP contribution in [0.4, 0.5) is 0 Å². The second-order valence-electron chi connectivity index (χ2n) is 2.73. The average molecular weight is 402 g/mol. The van der Waals surface area contributed by atoms with Crippen LogP contribution in [0.5, 0.6) is 0 Å². The number of alkyl halides is 1. The summed E-state index contributed by atoms with van der Waals surface area (Å²) >= 11 is 2.72. The molecule has 0 heterocycles. The van der Waals surface area contributed by atoms with Crippen molar-refractivity contribution in [2.24, 2.45) is 0 Å². The monoisotopic (exact) mass is 402 g/mol. The van der Waals surface area contributed by atoms with Gasteiger partial charge in [0, 0.05) is 0 Å². The van der Waals surface area contributed by atoms with Crippen molar-refractivity contribution in [2.75, 3.05) is 0 Å². The average Bonchev–Trinajstić information content (AvgIpc) is 1.97. The molecule has 0 aromatic carbocycles. The van der Waals surface area contributed by atoms with Crippen molar-refractivity contribution in [2.45, 2.75) is 24.5 Å². The molecule has 74 valence electrons. The Morgan fingerprint density at radius 3 is 1.85 bits per heavy atom. The molecule has 6 nitrogen and oxygen atoms in total. The quantitative estimate of drug-likeness (QED) is 0.227. The molecule has 0 N–H and O–H groups in total. The van der Waals surface area contributed by atoms with Gasteiger partial charge in [0.1, 0.15) is 0 Å². The Balaban J connectivity index is 4.69. The van der Waals surface area contributed by atoms with Crippen molar-refractivity contribution < 1.29 is 9.85 Å². The Hall–Kier alpha value is 0.0121. The molecule has 0 rings (SSSR count). The number of nitrogens with zero attached hydrogens (tertiary/aromatic N) is 2. The molecule has 0 amide bonds. The maximum atomic E-state index is 10.4. The number of halogens is 1. The second-order valence-corrected chi connectivity index (χ2v) is 19.6. The van der Waals surface area contributed by atoms with Gasteiger partial charge in [0.05, 0.1) is 0 Å². The number of rotatable bonds is 5. The molecule has 0 fully saturated rings. The zero-order valence-electron chi connectivity index (χ0n) is 7.34. The third-order valence-corrected chi connectivity index (χ3v) is 17.8. The zero-order valence-corrected chi connectivity index (χ0v) is 12.6. The molecular weight excluding hydrogens is 392 g/mol. The van der Waals surface area contributed by atoms with Crippen molar-refractivity contribution >= 4 is 34.3 Å². The van der Waals surface area contributed by atoms with Crippen LogP contribution in [-0.4, -0.2) is 39.2 Å². The van der Waals surface area contributed by atoms with E-state index < -0.39 is 36.3 Å². The van der Waals surface area contributed by atoms with E-state index in [2.05, 4.69) is 0 Å². The topological polar surface area (TPSA) is 86.3 Å². The van der Waals surface area contributed by atoms with Crippen LogP contribution in [0.1, 0.15) is 13.8 Å². The normalized spacial score (nSPS) is 12.6. The van der Waals surface area contributed by atoms with Crippen molar-refractivity contribution in [3.05, 3.63) is 20.2 Å². The summed E-state index contributed by atoms with van der Waals surface area (Å²) in [5, 5.41) is 20.8. The first kappa shape index (κ1) is 13.0. The molecule has 0 radical (unpaired) electrons. The molecule has 0 aromatic heterocycles. The minimum absolute atomic E-state index is 0.356. The molecule has 13 heavy (non-hydrogen) atoms. The predicted molar refractivity (Wildman–Crippen MR) is 49.3 cm³/mol. The van der Waals surface area contributed by atoms with Gasteiger partial charge in [-0.2, -0.15) is 0 Å². The van der Waals surface area contributed by atoms with E-state index in [1.807, 2.05) is 0 Å². The summed E-state index contributed by atoms with van der Waals surface area (Å²) < 4.78 is -1.39. The summed E-state index contributed by atoms with van der Waals surface area (Å²) in [6.45, 7) is 3.36. The fourth-order valence-corrected chi connectivity index (χ4v) is 12.3. The first-order valence-electron chi connectivity index (χ1n) is 3.82. The summed E-state index contributed by atoms with van der Waals surface area (Å²) in [5.74, 6) is 0. The predicted octanol–water partition coefficient (Wildman–Crippen LogP) is 1.09. The van der Waals surface area contributed by atoms with E-state index in [1.54, 1.807) is 13.8 Å². The van der Waals surface area contributed by atoms with Crippen molar-refractivity contribution in [1.29, 1.82) is 0 Å². The van der Waals surface area contributed by atoms with Crippen molar-refractivity contribution in [1.82, 2.24) is 0 Å². The van der Waals surface area contributed by atoms with Gasteiger partial charge in [-0.15, -0.1) is 0 Å². The van der Waals surface area contributed by atoms with Crippen LogP contribution < -0.4 is 0 Å². The van der Waals surface area contributed by atoms with Crippen molar-refractivity contribution in [3.8, 4) is 0 Å². The van der Waals surface area contributed by atoms with E-state index in [0.717, 1.165) is 0 Å². The van der Waals surface area contributed by atoms with Crippen molar-refractivity contribution in [3.63, 3.8) is 0 Å². The van der Waals surface area contributed by atoms with E-state index >= 15 is 0 Å². The van der Waals surface area contributed by atoms with Gasteiger partial charge in [0.25, 0.3) is 0 Å². The van der Waals surface area contributed by atoms with Gasteiger partial charge in [-0.1, -0.05) is 0 Å². The molecule has 0 aliphatic carbocycles. The maximum absolute atomic E-state index is 10.4. The Morgan fingerprint density at radius 1 is 1.38 bits per heavy atom. The Labute approximate surface area is 88.7 Å². The molecule has 0 saturated carbocycles. The summed E-state index contributed by atoms with van der Waals surface area (Å²) in [6, 6.07) is 0. The summed E-state index contributed by atoms with van der Waals surface area (Å²) in [5.41, 5.74) is 0. The van der Waals surface area contributed by atoms with Gasteiger partial charge in [0.15, 0.2) is 0 Å². The zero-order chi connectivity index (χ0) is 10.6. The fourth-order valence-electron chi connectivity index (χ4n) is 1.16. The third kappa shape index (κ3) is 3.71. The molecule has 8 heteroatoms. The first-order chi connectivity index (χ1) is 5.91. The van der Waals surface area contributed by atoms with Gasteiger partial charge >= 0.3 is 88.9 Å². The molecule has 0 saturated heterocycles. The van der Waals surface area contributed by atoms with E-state index in [1.165, 1.54) is 0 Å². The van der Waals surface area contributed by atoms with Crippen LogP contribution in [0.2, 0.25) is 3.98 Å². The van der Waals surface area contributed by atoms with Gasteiger partial charge in [0.2, 0.25) is 0 Å². The van der Waals surface area contributed by atoms with Gasteiger partial charge in [-0.05, 0) is 0 Å². The van der Waals surface area contributed by atoms with Crippen LogP contribution in [-0.2, 0) is 0 Å². The molecular formula is C5H10ClN2O4Tl. The molecule has 0 aromatic rings. The fraction of sp³-hybridized carbons (Fsp3) is 1.00. The van der Waals surface area contributed by atoms with Crippen LogP contribution in [0.3, 0.4) is 0 Å². The Morgan fingerprint density at radius 2 is 1.77 bits per heavy atom. The first-order valence-corrected chi connectivity index (χ1v) is 12.6. The van der Waals surface area contributed by atoms with Crippen LogP contribution in [0, 0.1) is 20.2 Å². The van der Waals surface area contributed by atoms with E-state index in [-0.39, 0.29) is 2.94 Å².